The van der Waals surface area contributed by atoms with Crippen LogP contribution >= 0.6 is 11.3 Å². The van der Waals surface area contributed by atoms with E-state index in [1.807, 2.05) is 29.6 Å². The highest BCUT2D eigenvalue weighted by molar-refractivity contribution is 7.14. The van der Waals surface area contributed by atoms with Gasteiger partial charge in [0, 0.05) is 10.9 Å². The molecule has 0 radical (unpaired) electrons. The molecule has 3 rings (SSSR count). The molecule has 0 saturated heterocycles. The van der Waals surface area contributed by atoms with Crippen molar-refractivity contribution >= 4 is 22.4 Å². The smallest absolute Gasteiger partial charge is 0.240 e. The van der Waals surface area contributed by atoms with Crippen LogP contribution in [-0.2, 0) is 4.79 Å². The van der Waals surface area contributed by atoms with Crippen LogP contribution in [0.25, 0.3) is 11.3 Å². The zero-order valence-electron chi connectivity index (χ0n) is 12.5. The molecule has 6 heteroatoms. The fourth-order valence-electron chi connectivity index (χ4n) is 2.19. The monoisotopic (exact) mass is 317 g/mol. The van der Waals surface area contributed by atoms with Crippen LogP contribution in [0.15, 0.2) is 29.6 Å². The lowest BCUT2D eigenvalue weighted by Gasteiger charge is -2.05. The van der Waals surface area contributed by atoms with E-state index in [-0.39, 0.29) is 5.91 Å². The molecule has 116 valence electrons. The maximum Gasteiger partial charge on any atom is 0.240 e. The zero-order chi connectivity index (χ0) is 15.4. The van der Waals surface area contributed by atoms with Crippen molar-refractivity contribution in [3.05, 3.63) is 29.6 Å². The van der Waals surface area contributed by atoms with Gasteiger partial charge >= 0.3 is 0 Å². The molecule has 22 heavy (non-hydrogen) atoms. The highest BCUT2D eigenvalue weighted by Gasteiger charge is 2.20. The summed E-state index contributed by atoms with van der Waals surface area (Å²) in [6.07, 6.45) is 2.56. The predicted octanol–water partition coefficient (Wildman–Crippen LogP) is 2.76. The number of aromatic nitrogens is 1. The first-order valence-corrected chi connectivity index (χ1v) is 8.23. The Bertz CT molecular complexity index is 652. The molecule has 0 unspecified atom stereocenters. The maximum absolute atomic E-state index is 11.9. The summed E-state index contributed by atoms with van der Waals surface area (Å²) in [7, 11) is 1.64. The van der Waals surface area contributed by atoms with Crippen molar-refractivity contribution in [3.63, 3.8) is 0 Å². The molecule has 5 nitrogen and oxygen atoms in total. The first-order valence-electron chi connectivity index (χ1n) is 7.35. The Morgan fingerprint density at radius 2 is 2.23 bits per heavy atom. The average Bonchev–Trinajstić information content (AvgIpc) is 3.24. The number of nitrogens with one attached hydrogen (secondary N) is 2. The SMILES string of the molecule is COc1ccccc1-c1csc(NC(=O)CNCC2CC2)n1. The van der Waals surface area contributed by atoms with Gasteiger partial charge in [0.05, 0.1) is 19.3 Å². The van der Waals surface area contributed by atoms with Gasteiger partial charge in [-0.05, 0) is 37.4 Å². The molecule has 0 spiro atoms. The summed E-state index contributed by atoms with van der Waals surface area (Å²) in [5, 5.41) is 8.53. The number of hydrogen-bond acceptors (Lipinski definition) is 5. The Morgan fingerprint density at radius 3 is 3.00 bits per heavy atom. The van der Waals surface area contributed by atoms with E-state index >= 15 is 0 Å². The van der Waals surface area contributed by atoms with E-state index in [1.54, 1.807) is 7.11 Å². The van der Waals surface area contributed by atoms with E-state index in [2.05, 4.69) is 15.6 Å². The first kappa shape index (κ1) is 15.0. The molecule has 0 atom stereocenters. The summed E-state index contributed by atoms with van der Waals surface area (Å²) >= 11 is 1.42. The quantitative estimate of drug-likeness (QED) is 0.824. The topological polar surface area (TPSA) is 63.2 Å². The van der Waals surface area contributed by atoms with Crippen LogP contribution in [0.1, 0.15) is 12.8 Å². The molecular weight excluding hydrogens is 298 g/mol. The Balaban J connectivity index is 1.59. The number of thiazole rings is 1. The van der Waals surface area contributed by atoms with Crippen molar-refractivity contribution in [2.24, 2.45) is 5.92 Å². The highest BCUT2D eigenvalue weighted by atomic mass is 32.1. The number of amides is 1. The molecule has 1 aromatic heterocycles. The van der Waals surface area contributed by atoms with Crippen molar-refractivity contribution < 1.29 is 9.53 Å². The normalized spacial score (nSPS) is 13.9. The van der Waals surface area contributed by atoms with E-state index in [0.717, 1.165) is 29.5 Å². The number of hydrogen-bond donors (Lipinski definition) is 2. The van der Waals surface area contributed by atoms with Gasteiger partial charge in [0.1, 0.15) is 5.75 Å². The number of benzene rings is 1. The van der Waals surface area contributed by atoms with Crippen LogP contribution in [0, 0.1) is 5.92 Å². The van der Waals surface area contributed by atoms with E-state index in [4.69, 9.17) is 4.74 Å². The third kappa shape index (κ3) is 3.84. The van der Waals surface area contributed by atoms with Crippen molar-refractivity contribution in [2.75, 3.05) is 25.5 Å². The van der Waals surface area contributed by atoms with E-state index in [9.17, 15) is 4.79 Å². The summed E-state index contributed by atoms with van der Waals surface area (Å²) in [6, 6.07) is 7.71. The van der Waals surface area contributed by atoms with Gasteiger partial charge in [0.25, 0.3) is 0 Å². The number of ether oxygens (including phenoxy) is 1. The summed E-state index contributed by atoms with van der Waals surface area (Å²) < 4.78 is 5.34. The van der Waals surface area contributed by atoms with Gasteiger partial charge in [0.2, 0.25) is 5.91 Å². The average molecular weight is 317 g/mol. The van der Waals surface area contributed by atoms with E-state index in [0.29, 0.717) is 11.7 Å². The minimum Gasteiger partial charge on any atom is -0.496 e. The first-order chi connectivity index (χ1) is 10.8. The maximum atomic E-state index is 11.9. The third-order valence-corrected chi connectivity index (χ3v) is 4.31. The number of carbonyl (C=O) groups excluding carboxylic acids is 1. The lowest BCUT2D eigenvalue weighted by molar-refractivity contribution is -0.115. The van der Waals surface area contributed by atoms with Gasteiger partial charge in [-0.15, -0.1) is 11.3 Å². The Kier molecular flexibility index (Phi) is 4.70. The minimum atomic E-state index is -0.0541. The summed E-state index contributed by atoms with van der Waals surface area (Å²) in [6.45, 7) is 1.26. The lowest BCUT2D eigenvalue weighted by Crippen LogP contribution is -2.29. The van der Waals surface area contributed by atoms with Crippen LogP contribution in [0.4, 0.5) is 5.13 Å². The fraction of sp³-hybridized carbons (Fsp3) is 0.375. The largest absolute Gasteiger partial charge is 0.496 e. The molecule has 1 fully saturated rings. The van der Waals surface area contributed by atoms with E-state index < -0.39 is 0 Å². The second-order valence-corrected chi connectivity index (χ2v) is 6.22. The van der Waals surface area contributed by atoms with Gasteiger partial charge < -0.3 is 15.4 Å². The fourth-order valence-corrected chi connectivity index (χ4v) is 2.91. The number of methoxy groups -OCH3 is 1. The molecule has 2 N–H and O–H groups in total. The summed E-state index contributed by atoms with van der Waals surface area (Å²) in [5.41, 5.74) is 1.73. The van der Waals surface area contributed by atoms with Crippen molar-refractivity contribution in [1.29, 1.82) is 0 Å². The molecule has 1 amide bonds. The molecule has 1 aliphatic carbocycles. The number of para-hydroxylation sites is 1. The molecular formula is C16H19N3O2S. The molecule has 0 bridgehead atoms. The molecule has 1 saturated carbocycles. The van der Waals surface area contributed by atoms with Gasteiger partial charge in [-0.3, -0.25) is 4.79 Å². The molecule has 1 heterocycles. The zero-order valence-corrected chi connectivity index (χ0v) is 13.3. The Labute approximate surface area is 133 Å². The van der Waals surface area contributed by atoms with Gasteiger partial charge in [-0.25, -0.2) is 4.98 Å². The van der Waals surface area contributed by atoms with Crippen molar-refractivity contribution in [1.82, 2.24) is 10.3 Å². The molecule has 1 aliphatic rings. The van der Waals surface area contributed by atoms with Crippen molar-refractivity contribution in [3.8, 4) is 17.0 Å². The van der Waals surface area contributed by atoms with Gasteiger partial charge in [0.15, 0.2) is 5.13 Å². The summed E-state index contributed by atoms with van der Waals surface area (Å²) in [4.78, 5) is 16.3. The van der Waals surface area contributed by atoms with Crippen LogP contribution < -0.4 is 15.4 Å². The molecule has 0 aliphatic heterocycles. The molecule has 2 aromatic rings. The number of rotatable bonds is 7. The second kappa shape index (κ2) is 6.89. The van der Waals surface area contributed by atoms with E-state index in [1.165, 1.54) is 24.2 Å². The highest BCUT2D eigenvalue weighted by Crippen LogP contribution is 2.31. The number of anilines is 1. The number of nitrogens with zero attached hydrogens (tertiary/aromatic N) is 1. The Hall–Kier alpha value is -1.92. The van der Waals surface area contributed by atoms with Crippen LogP contribution in [0.5, 0.6) is 5.75 Å². The van der Waals surface area contributed by atoms with Crippen LogP contribution in [0.2, 0.25) is 0 Å². The number of carbonyl (C=O) groups is 1. The predicted molar refractivity (Wildman–Crippen MR) is 88.3 cm³/mol. The van der Waals surface area contributed by atoms with Gasteiger partial charge in [-0.1, -0.05) is 12.1 Å². The second-order valence-electron chi connectivity index (χ2n) is 5.36. The van der Waals surface area contributed by atoms with Crippen LogP contribution in [-0.4, -0.2) is 31.1 Å². The van der Waals surface area contributed by atoms with Crippen molar-refractivity contribution in [2.45, 2.75) is 12.8 Å². The minimum absolute atomic E-state index is 0.0541. The van der Waals surface area contributed by atoms with Gasteiger partial charge in [-0.2, -0.15) is 0 Å². The standard InChI is InChI=1S/C16H19N3O2S/c1-21-14-5-3-2-4-12(14)13-10-22-16(18-13)19-15(20)9-17-8-11-6-7-11/h2-5,10-11,17H,6-9H2,1H3,(H,18,19,20). The summed E-state index contributed by atoms with van der Waals surface area (Å²) in [5.74, 6) is 1.49. The Morgan fingerprint density at radius 1 is 1.41 bits per heavy atom. The third-order valence-electron chi connectivity index (χ3n) is 3.55. The van der Waals surface area contributed by atoms with Crippen LogP contribution in [0.3, 0.4) is 0 Å². The lowest BCUT2D eigenvalue weighted by atomic mass is 10.1. The molecule has 1 aromatic carbocycles.